The second-order valence-corrected chi connectivity index (χ2v) is 6.07. The number of nitrogens with zero attached hydrogens (tertiary/aromatic N) is 1. The molecule has 2 aromatic rings. The minimum Gasteiger partial charge on any atom is -0.330 e. The van der Waals surface area contributed by atoms with Crippen LogP contribution in [0.25, 0.3) is 10.2 Å². The number of hydrogen-bond donors (Lipinski definition) is 1. The molecule has 2 nitrogen and oxygen atoms in total. The molecular weight excluding hydrogens is 235 g/mol. The lowest BCUT2D eigenvalue weighted by atomic mass is 9.67. The SMILES string of the molecule is NCC1(Cc2nc3ccc(F)cc3s2)CCC1. The molecule has 1 aromatic carbocycles. The second kappa shape index (κ2) is 4.03. The monoisotopic (exact) mass is 250 g/mol. The molecule has 4 heteroatoms. The van der Waals surface area contributed by atoms with Gasteiger partial charge in [0.15, 0.2) is 0 Å². The molecule has 0 saturated heterocycles. The Bertz CT molecular complexity index is 540. The van der Waals surface area contributed by atoms with Crippen LogP contribution in [0.2, 0.25) is 0 Å². The molecule has 1 heterocycles. The summed E-state index contributed by atoms with van der Waals surface area (Å²) in [6.45, 7) is 0.733. The van der Waals surface area contributed by atoms with E-state index in [-0.39, 0.29) is 11.2 Å². The van der Waals surface area contributed by atoms with Crippen molar-refractivity contribution in [3.8, 4) is 0 Å². The highest BCUT2D eigenvalue weighted by Crippen LogP contribution is 2.43. The summed E-state index contributed by atoms with van der Waals surface area (Å²) in [7, 11) is 0. The first kappa shape index (κ1) is 11.1. The van der Waals surface area contributed by atoms with E-state index in [0.717, 1.165) is 28.2 Å². The van der Waals surface area contributed by atoms with Crippen LogP contribution in [-0.2, 0) is 6.42 Å². The Hall–Kier alpha value is -1.000. The molecular formula is C13H15FN2S. The van der Waals surface area contributed by atoms with Crippen LogP contribution in [0.4, 0.5) is 4.39 Å². The predicted octanol–water partition coefficient (Wildman–Crippen LogP) is 3.11. The Balaban J connectivity index is 1.90. The van der Waals surface area contributed by atoms with E-state index in [9.17, 15) is 4.39 Å². The molecule has 0 radical (unpaired) electrons. The lowest BCUT2D eigenvalue weighted by Crippen LogP contribution is -2.39. The van der Waals surface area contributed by atoms with Crippen LogP contribution < -0.4 is 5.73 Å². The molecule has 1 aromatic heterocycles. The molecule has 1 saturated carbocycles. The first-order valence-corrected chi connectivity index (χ1v) is 6.77. The molecule has 17 heavy (non-hydrogen) atoms. The lowest BCUT2D eigenvalue weighted by Gasteiger charge is -2.40. The van der Waals surface area contributed by atoms with E-state index in [1.165, 1.54) is 25.3 Å². The van der Waals surface area contributed by atoms with Crippen LogP contribution in [0.5, 0.6) is 0 Å². The second-order valence-electron chi connectivity index (χ2n) is 4.95. The van der Waals surface area contributed by atoms with Crippen LogP contribution >= 0.6 is 11.3 Å². The van der Waals surface area contributed by atoms with Crippen molar-refractivity contribution in [2.45, 2.75) is 25.7 Å². The number of nitrogens with two attached hydrogens (primary N) is 1. The Labute approximate surface area is 104 Å². The van der Waals surface area contributed by atoms with Gasteiger partial charge in [-0.25, -0.2) is 9.37 Å². The average molecular weight is 250 g/mol. The van der Waals surface area contributed by atoms with E-state index in [0.29, 0.717) is 0 Å². The quantitative estimate of drug-likeness (QED) is 0.909. The van der Waals surface area contributed by atoms with Gasteiger partial charge >= 0.3 is 0 Å². The first-order valence-electron chi connectivity index (χ1n) is 5.96. The third-order valence-electron chi connectivity index (χ3n) is 3.77. The molecule has 3 rings (SSSR count). The van der Waals surface area contributed by atoms with Gasteiger partial charge in [0, 0.05) is 6.42 Å². The van der Waals surface area contributed by atoms with Gasteiger partial charge in [-0.05, 0) is 43.0 Å². The molecule has 0 spiro atoms. The summed E-state index contributed by atoms with van der Waals surface area (Å²) in [6.07, 6.45) is 4.63. The number of benzene rings is 1. The van der Waals surface area contributed by atoms with Gasteiger partial charge in [-0.15, -0.1) is 11.3 Å². The van der Waals surface area contributed by atoms with E-state index < -0.39 is 0 Å². The van der Waals surface area contributed by atoms with E-state index in [4.69, 9.17) is 5.73 Å². The van der Waals surface area contributed by atoms with Gasteiger partial charge in [-0.3, -0.25) is 0 Å². The zero-order valence-corrected chi connectivity index (χ0v) is 10.4. The average Bonchev–Trinajstić information content (AvgIpc) is 2.65. The van der Waals surface area contributed by atoms with Crippen molar-refractivity contribution in [1.29, 1.82) is 0 Å². The maximum Gasteiger partial charge on any atom is 0.124 e. The lowest BCUT2D eigenvalue weighted by molar-refractivity contribution is 0.145. The summed E-state index contributed by atoms with van der Waals surface area (Å²) < 4.78 is 14.0. The third-order valence-corrected chi connectivity index (χ3v) is 4.79. The summed E-state index contributed by atoms with van der Waals surface area (Å²) >= 11 is 1.60. The molecule has 0 aliphatic heterocycles. The Morgan fingerprint density at radius 2 is 2.24 bits per heavy atom. The largest absolute Gasteiger partial charge is 0.330 e. The number of thiazole rings is 1. The Morgan fingerprint density at radius 1 is 1.41 bits per heavy atom. The first-order chi connectivity index (χ1) is 8.21. The number of fused-ring (bicyclic) bond motifs is 1. The Kier molecular flexibility index (Phi) is 2.64. The number of rotatable bonds is 3. The highest BCUT2D eigenvalue weighted by Gasteiger charge is 2.36. The topological polar surface area (TPSA) is 38.9 Å². The zero-order chi connectivity index (χ0) is 11.9. The highest BCUT2D eigenvalue weighted by molar-refractivity contribution is 7.18. The van der Waals surface area contributed by atoms with Crippen molar-refractivity contribution in [1.82, 2.24) is 4.98 Å². The predicted molar refractivity (Wildman–Crippen MR) is 68.6 cm³/mol. The fourth-order valence-corrected chi connectivity index (χ4v) is 3.64. The highest BCUT2D eigenvalue weighted by atomic mass is 32.1. The molecule has 90 valence electrons. The maximum absolute atomic E-state index is 13.1. The number of hydrogen-bond acceptors (Lipinski definition) is 3. The van der Waals surface area contributed by atoms with Crippen molar-refractivity contribution in [3.05, 3.63) is 29.0 Å². The van der Waals surface area contributed by atoms with E-state index in [1.54, 1.807) is 23.5 Å². The zero-order valence-electron chi connectivity index (χ0n) is 9.58. The molecule has 2 N–H and O–H groups in total. The smallest absolute Gasteiger partial charge is 0.124 e. The van der Waals surface area contributed by atoms with E-state index in [1.807, 2.05) is 0 Å². The van der Waals surface area contributed by atoms with Crippen molar-refractivity contribution >= 4 is 21.6 Å². The molecule has 0 bridgehead atoms. The van der Waals surface area contributed by atoms with Gasteiger partial charge in [-0.1, -0.05) is 6.42 Å². The summed E-state index contributed by atoms with van der Waals surface area (Å²) in [5.74, 6) is -0.190. The van der Waals surface area contributed by atoms with E-state index >= 15 is 0 Å². The number of aromatic nitrogens is 1. The van der Waals surface area contributed by atoms with Gasteiger partial charge < -0.3 is 5.73 Å². The molecule has 0 amide bonds. The van der Waals surface area contributed by atoms with Crippen molar-refractivity contribution < 1.29 is 4.39 Å². The van der Waals surface area contributed by atoms with Crippen LogP contribution in [0.15, 0.2) is 18.2 Å². The van der Waals surface area contributed by atoms with Crippen molar-refractivity contribution in [2.24, 2.45) is 11.1 Å². The van der Waals surface area contributed by atoms with Crippen LogP contribution in [0, 0.1) is 11.2 Å². The van der Waals surface area contributed by atoms with Gasteiger partial charge in [-0.2, -0.15) is 0 Å². The third kappa shape index (κ3) is 1.96. The van der Waals surface area contributed by atoms with Gasteiger partial charge in [0.2, 0.25) is 0 Å². The van der Waals surface area contributed by atoms with Gasteiger partial charge in [0.1, 0.15) is 5.82 Å². The summed E-state index contributed by atoms with van der Waals surface area (Å²) in [4.78, 5) is 4.56. The Morgan fingerprint density at radius 3 is 2.88 bits per heavy atom. The fourth-order valence-electron chi connectivity index (χ4n) is 2.47. The van der Waals surface area contributed by atoms with Crippen molar-refractivity contribution in [3.63, 3.8) is 0 Å². The standard InChI is InChI=1S/C13H15FN2S/c14-9-2-3-10-11(6-9)17-12(16-10)7-13(8-15)4-1-5-13/h2-3,6H,1,4-5,7-8,15H2. The van der Waals surface area contributed by atoms with E-state index in [2.05, 4.69) is 4.98 Å². The normalized spacial score (nSPS) is 18.2. The van der Waals surface area contributed by atoms with Crippen LogP contribution in [-0.4, -0.2) is 11.5 Å². The molecule has 1 aliphatic carbocycles. The van der Waals surface area contributed by atoms with Gasteiger partial charge in [0.25, 0.3) is 0 Å². The number of halogens is 1. The summed E-state index contributed by atoms with van der Waals surface area (Å²) in [5, 5.41) is 1.09. The molecule has 0 unspecified atom stereocenters. The maximum atomic E-state index is 13.1. The van der Waals surface area contributed by atoms with Crippen LogP contribution in [0.1, 0.15) is 24.3 Å². The van der Waals surface area contributed by atoms with Gasteiger partial charge in [0.05, 0.1) is 15.2 Å². The molecule has 0 atom stereocenters. The summed E-state index contributed by atoms with van der Waals surface area (Å²) in [6, 6.07) is 4.78. The minimum atomic E-state index is -0.190. The molecule has 1 aliphatic rings. The summed E-state index contributed by atoms with van der Waals surface area (Å²) in [5.41, 5.74) is 7.02. The molecule has 1 fully saturated rings. The minimum absolute atomic E-state index is 0.190. The van der Waals surface area contributed by atoms with Crippen LogP contribution in [0.3, 0.4) is 0 Å². The fraction of sp³-hybridized carbons (Fsp3) is 0.462. The van der Waals surface area contributed by atoms with Crippen molar-refractivity contribution in [2.75, 3.05) is 6.54 Å².